The second-order valence-electron chi connectivity index (χ2n) is 5.97. The van der Waals surface area contributed by atoms with Crippen molar-refractivity contribution in [3.63, 3.8) is 0 Å². The number of nitrogens with one attached hydrogen (secondary N) is 1. The highest BCUT2D eigenvalue weighted by atomic mass is 16.5. The number of benzene rings is 1. The zero-order chi connectivity index (χ0) is 17.5. The Morgan fingerprint density at radius 1 is 1.12 bits per heavy atom. The second-order valence-corrected chi connectivity index (χ2v) is 5.97. The van der Waals surface area contributed by atoms with Gasteiger partial charge in [-0.2, -0.15) is 0 Å². The largest absolute Gasteiger partial charge is 0.493 e. The summed E-state index contributed by atoms with van der Waals surface area (Å²) in [5, 5.41) is 3.12. The number of rotatable bonds is 7. The number of piperidine rings is 1. The van der Waals surface area contributed by atoms with Crippen LogP contribution in [0, 0.1) is 0 Å². The highest BCUT2D eigenvalue weighted by Gasteiger charge is 2.24. The fourth-order valence-electron chi connectivity index (χ4n) is 3.16. The lowest BCUT2D eigenvalue weighted by atomic mass is 10.0. The summed E-state index contributed by atoms with van der Waals surface area (Å²) in [6.45, 7) is 5.38. The van der Waals surface area contributed by atoms with Crippen LogP contribution in [0.5, 0.6) is 17.2 Å². The molecule has 0 atom stereocenters. The van der Waals surface area contributed by atoms with Crippen LogP contribution in [0.3, 0.4) is 0 Å². The van der Waals surface area contributed by atoms with Crippen LogP contribution >= 0.6 is 0 Å². The zero-order valence-electron chi connectivity index (χ0n) is 15.1. The van der Waals surface area contributed by atoms with E-state index < -0.39 is 0 Å². The van der Waals surface area contributed by atoms with E-state index in [0.29, 0.717) is 22.8 Å². The van der Waals surface area contributed by atoms with Crippen LogP contribution in [0.4, 0.5) is 0 Å². The number of hydrogen-bond donors (Lipinski definition) is 1. The van der Waals surface area contributed by atoms with Crippen LogP contribution in [-0.4, -0.2) is 57.8 Å². The van der Waals surface area contributed by atoms with Gasteiger partial charge in [0.05, 0.1) is 26.9 Å². The van der Waals surface area contributed by atoms with Crippen molar-refractivity contribution in [1.29, 1.82) is 0 Å². The van der Waals surface area contributed by atoms with Gasteiger partial charge in [-0.05, 0) is 37.9 Å². The molecule has 0 saturated carbocycles. The van der Waals surface area contributed by atoms with E-state index in [0.717, 1.165) is 32.5 Å². The summed E-state index contributed by atoms with van der Waals surface area (Å²) in [5.74, 6) is 1.24. The summed E-state index contributed by atoms with van der Waals surface area (Å²) in [6.07, 6.45) is 3.11. The molecule has 1 N–H and O–H groups in total. The van der Waals surface area contributed by atoms with Crippen molar-refractivity contribution < 1.29 is 19.0 Å². The smallest absolute Gasteiger partial charge is 0.255 e. The number of likely N-dealkylation sites (tertiary alicyclic amines) is 1. The number of ether oxygens (including phenoxy) is 3. The van der Waals surface area contributed by atoms with Crippen LogP contribution in [0.2, 0.25) is 0 Å². The van der Waals surface area contributed by atoms with E-state index in [4.69, 9.17) is 14.2 Å². The molecule has 1 amide bonds. The first-order valence-corrected chi connectivity index (χ1v) is 8.46. The molecule has 1 saturated heterocycles. The highest BCUT2D eigenvalue weighted by Crippen LogP contribution is 2.39. The maximum Gasteiger partial charge on any atom is 0.255 e. The van der Waals surface area contributed by atoms with Crippen molar-refractivity contribution in [3.8, 4) is 17.2 Å². The molecule has 0 radical (unpaired) electrons. The van der Waals surface area contributed by atoms with Gasteiger partial charge in [-0.1, -0.05) is 6.92 Å². The minimum absolute atomic E-state index is 0.137. The Hall–Kier alpha value is -1.95. The van der Waals surface area contributed by atoms with Crippen LogP contribution < -0.4 is 19.5 Å². The minimum atomic E-state index is -0.137. The van der Waals surface area contributed by atoms with Crippen molar-refractivity contribution in [3.05, 3.63) is 17.7 Å². The molecular weight excluding hydrogens is 308 g/mol. The monoisotopic (exact) mass is 336 g/mol. The number of methoxy groups -OCH3 is 3. The van der Waals surface area contributed by atoms with E-state index >= 15 is 0 Å². The number of nitrogens with zero attached hydrogens (tertiary/aromatic N) is 1. The first-order chi connectivity index (χ1) is 11.6. The normalized spacial score (nSPS) is 15.8. The molecule has 0 unspecified atom stereocenters. The maximum atomic E-state index is 12.7. The van der Waals surface area contributed by atoms with Gasteiger partial charge < -0.3 is 24.4 Å². The summed E-state index contributed by atoms with van der Waals surface area (Å²) in [5.41, 5.74) is 0.464. The molecular formula is C18H28N2O4. The number of carbonyl (C=O) groups is 1. The van der Waals surface area contributed by atoms with E-state index in [2.05, 4.69) is 17.1 Å². The second kappa shape index (κ2) is 8.78. The first kappa shape index (κ1) is 18.4. The van der Waals surface area contributed by atoms with Crippen molar-refractivity contribution in [1.82, 2.24) is 10.2 Å². The molecule has 2 rings (SSSR count). The first-order valence-electron chi connectivity index (χ1n) is 8.46. The molecule has 1 heterocycles. The van der Waals surface area contributed by atoms with Crippen molar-refractivity contribution in [2.75, 3.05) is 41.0 Å². The molecule has 6 nitrogen and oxygen atoms in total. The molecule has 1 aliphatic rings. The predicted molar refractivity (Wildman–Crippen MR) is 93.3 cm³/mol. The zero-order valence-corrected chi connectivity index (χ0v) is 15.1. The van der Waals surface area contributed by atoms with Crippen molar-refractivity contribution in [2.24, 2.45) is 0 Å². The predicted octanol–water partition coefficient (Wildman–Crippen LogP) is 2.32. The third-order valence-corrected chi connectivity index (χ3v) is 4.41. The van der Waals surface area contributed by atoms with E-state index in [1.54, 1.807) is 19.2 Å². The maximum absolute atomic E-state index is 12.7. The quantitative estimate of drug-likeness (QED) is 0.828. The van der Waals surface area contributed by atoms with E-state index in [1.165, 1.54) is 20.6 Å². The molecule has 1 aliphatic heterocycles. The van der Waals surface area contributed by atoms with Gasteiger partial charge in [-0.15, -0.1) is 0 Å². The summed E-state index contributed by atoms with van der Waals surface area (Å²) in [4.78, 5) is 15.1. The van der Waals surface area contributed by atoms with Gasteiger partial charge in [0.1, 0.15) is 0 Å². The van der Waals surface area contributed by atoms with E-state index in [1.807, 2.05) is 0 Å². The SMILES string of the molecule is CCCN1CCC(NC(=O)c2ccc(OC)c(OC)c2OC)CC1. The highest BCUT2D eigenvalue weighted by molar-refractivity contribution is 5.98. The lowest BCUT2D eigenvalue weighted by Crippen LogP contribution is -2.44. The van der Waals surface area contributed by atoms with E-state index in [-0.39, 0.29) is 11.9 Å². The molecule has 1 aromatic rings. The average Bonchev–Trinajstić information content (AvgIpc) is 2.61. The summed E-state index contributed by atoms with van der Waals surface area (Å²) in [6, 6.07) is 3.63. The number of carbonyl (C=O) groups excluding carboxylic acids is 1. The Morgan fingerprint density at radius 3 is 2.33 bits per heavy atom. The molecule has 0 aromatic heterocycles. The molecule has 134 valence electrons. The van der Waals surface area contributed by atoms with E-state index in [9.17, 15) is 4.79 Å². The molecule has 6 heteroatoms. The van der Waals surface area contributed by atoms with Gasteiger partial charge in [0.15, 0.2) is 11.5 Å². The third-order valence-electron chi connectivity index (χ3n) is 4.41. The molecule has 0 bridgehead atoms. The fraction of sp³-hybridized carbons (Fsp3) is 0.611. The van der Waals surface area contributed by atoms with Crippen LogP contribution in [0.1, 0.15) is 36.5 Å². The average molecular weight is 336 g/mol. The van der Waals surface area contributed by atoms with Crippen molar-refractivity contribution >= 4 is 5.91 Å². The topological polar surface area (TPSA) is 60.0 Å². The van der Waals surface area contributed by atoms with Gasteiger partial charge in [0.2, 0.25) is 5.75 Å². The lowest BCUT2D eigenvalue weighted by Gasteiger charge is -2.32. The van der Waals surface area contributed by atoms with Crippen LogP contribution in [-0.2, 0) is 0 Å². The molecule has 24 heavy (non-hydrogen) atoms. The van der Waals surface area contributed by atoms with Crippen LogP contribution in [0.15, 0.2) is 12.1 Å². The van der Waals surface area contributed by atoms with Gasteiger partial charge in [-0.25, -0.2) is 0 Å². The Morgan fingerprint density at radius 2 is 1.79 bits per heavy atom. The van der Waals surface area contributed by atoms with Gasteiger partial charge in [-0.3, -0.25) is 4.79 Å². The fourth-order valence-corrected chi connectivity index (χ4v) is 3.16. The van der Waals surface area contributed by atoms with Gasteiger partial charge in [0.25, 0.3) is 5.91 Å². The molecule has 1 aromatic carbocycles. The third kappa shape index (κ3) is 4.12. The summed E-state index contributed by atoms with van der Waals surface area (Å²) < 4.78 is 16.0. The number of amides is 1. The molecule has 0 aliphatic carbocycles. The van der Waals surface area contributed by atoms with Gasteiger partial charge >= 0.3 is 0 Å². The Bertz CT molecular complexity index is 554. The molecule has 0 spiro atoms. The standard InChI is InChI=1S/C18H28N2O4/c1-5-10-20-11-8-13(9-12-20)19-18(21)14-6-7-15(22-2)17(24-4)16(14)23-3/h6-7,13H,5,8-12H2,1-4H3,(H,19,21). The van der Waals surface area contributed by atoms with Gasteiger partial charge in [0, 0.05) is 19.1 Å². The summed E-state index contributed by atoms with van der Waals surface area (Å²) >= 11 is 0. The van der Waals surface area contributed by atoms with Crippen molar-refractivity contribution in [2.45, 2.75) is 32.2 Å². The summed E-state index contributed by atoms with van der Waals surface area (Å²) in [7, 11) is 4.62. The number of hydrogen-bond acceptors (Lipinski definition) is 5. The molecule has 1 fully saturated rings. The Kier molecular flexibility index (Phi) is 6.73. The lowest BCUT2D eigenvalue weighted by molar-refractivity contribution is 0.0907. The Balaban J connectivity index is 2.07. The van der Waals surface area contributed by atoms with Crippen LogP contribution in [0.25, 0.3) is 0 Å². The minimum Gasteiger partial charge on any atom is -0.493 e. The Labute approximate surface area is 144 Å².